The Morgan fingerprint density at radius 1 is 1.47 bits per heavy atom. The Kier molecular flexibility index (Phi) is 3.56. The lowest BCUT2D eigenvalue weighted by atomic mass is 10.0. The van der Waals surface area contributed by atoms with E-state index in [9.17, 15) is 5.11 Å². The lowest BCUT2D eigenvalue weighted by Gasteiger charge is -2.24. The van der Waals surface area contributed by atoms with Crippen LogP contribution in [-0.2, 0) is 10.3 Å². The van der Waals surface area contributed by atoms with Crippen molar-refractivity contribution in [1.29, 1.82) is 0 Å². The fraction of sp³-hybridized carbons (Fsp3) is 0.846. The maximum absolute atomic E-state index is 9.54. The molecular formula is C13H21N3O3. The second-order valence-corrected chi connectivity index (χ2v) is 5.44. The Morgan fingerprint density at radius 3 is 2.89 bits per heavy atom. The van der Waals surface area contributed by atoms with E-state index >= 15 is 0 Å². The lowest BCUT2D eigenvalue weighted by molar-refractivity contribution is -0.0469. The molecule has 3 rings (SSSR count). The van der Waals surface area contributed by atoms with E-state index in [1.807, 2.05) is 6.92 Å². The van der Waals surface area contributed by atoms with Gasteiger partial charge in [0.05, 0.1) is 12.1 Å². The number of ether oxygens (including phenoxy) is 1. The molecule has 1 aromatic heterocycles. The highest BCUT2D eigenvalue weighted by atomic mass is 16.5. The first kappa shape index (κ1) is 13.0. The van der Waals surface area contributed by atoms with Gasteiger partial charge in [-0.2, -0.15) is 4.98 Å². The topological polar surface area (TPSA) is 80.4 Å². The van der Waals surface area contributed by atoms with Gasteiger partial charge in [0.1, 0.15) is 5.60 Å². The molecule has 1 aliphatic heterocycles. The molecule has 0 radical (unpaired) electrons. The molecular weight excluding hydrogens is 246 g/mol. The highest BCUT2D eigenvalue weighted by Gasteiger charge is 2.41. The molecule has 2 N–H and O–H groups in total. The third-order valence-corrected chi connectivity index (χ3v) is 4.09. The van der Waals surface area contributed by atoms with Crippen LogP contribution in [0.2, 0.25) is 0 Å². The van der Waals surface area contributed by atoms with Gasteiger partial charge in [0.2, 0.25) is 11.7 Å². The van der Waals surface area contributed by atoms with Gasteiger partial charge in [-0.05, 0) is 39.0 Å². The van der Waals surface area contributed by atoms with Crippen LogP contribution in [0.1, 0.15) is 56.8 Å². The minimum absolute atomic E-state index is 0.0312. The zero-order chi connectivity index (χ0) is 13.3. The van der Waals surface area contributed by atoms with Crippen molar-refractivity contribution < 1.29 is 14.4 Å². The van der Waals surface area contributed by atoms with E-state index in [-0.39, 0.29) is 17.7 Å². The fourth-order valence-electron chi connectivity index (χ4n) is 3.12. The smallest absolute Gasteiger partial charge is 0.243 e. The number of aliphatic hydroxyl groups is 1. The van der Waals surface area contributed by atoms with Crippen LogP contribution in [0, 0.1) is 0 Å². The zero-order valence-corrected chi connectivity index (χ0v) is 11.3. The first-order chi connectivity index (χ1) is 9.23. The second-order valence-electron chi connectivity index (χ2n) is 5.44. The molecule has 6 nitrogen and oxygen atoms in total. The molecule has 1 aromatic rings. The number of hydrogen-bond donors (Lipinski definition) is 2. The number of rotatable bonds is 4. The van der Waals surface area contributed by atoms with Crippen LogP contribution in [0.5, 0.6) is 0 Å². The molecule has 0 amide bonds. The Bertz CT molecular complexity index is 429. The molecule has 6 heteroatoms. The Balaban J connectivity index is 1.79. The van der Waals surface area contributed by atoms with Crippen LogP contribution >= 0.6 is 0 Å². The normalized spacial score (nSPS) is 30.0. The fourth-order valence-corrected chi connectivity index (χ4v) is 3.12. The van der Waals surface area contributed by atoms with Gasteiger partial charge in [-0.1, -0.05) is 5.16 Å². The standard InChI is InChI=1S/C13H21N3O3/c1-2-18-13(5-3-4-6-13)12-15-11(19-16-12)10-7-9(17)8-14-10/h9-10,14,17H,2-8H2,1H3. The van der Waals surface area contributed by atoms with E-state index in [2.05, 4.69) is 15.5 Å². The van der Waals surface area contributed by atoms with Crippen molar-refractivity contribution >= 4 is 0 Å². The third kappa shape index (κ3) is 2.40. The summed E-state index contributed by atoms with van der Waals surface area (Å²) in [7, 11) is 0. The maximum atomic E-state index is 9.54. The van der Waals surface area contributed by atoms with E-state index in [1.54, 1.807) is 0 Å². The summed E-state index contributed by atoms with van der Waals surface area (Å²) in [6.07, 6.45) is 4.51. The van der Waals surface area contributed by atoms with Crippen LogP contribution < -0.4 is 5.32 Å². The van der Waals surface area contributed by atoms with Crippen molar-refractivity contribution in [3.8, 4) is 0 Å². The van der Waals surface area contributed by atoms with Crippen molar-refractivity contribution in [3.63, 3.8) is 0 Å². The predicted octanol–water partition coefficient (Wildman–Crippen LogP) is 1.27. The van der Waals surface area contributed by atoms with Gasteiger partial charge in [0.15, 0.2) is 0 Å². The van der Waals surface area contributed by atoms with Gasteiger partial charge in [0.25, 0.3) is 0 Å². The Labute approximate surface area is 112 Å². The first-order valence-electron chi connectivity index (χ1n) is 7.13. The van der Waals surface area contributed by atoms with Crippen LogP contribution in [0.25, 0.3) is 0 Å². The molecule has 2 aliphatic rings. The lowest BCUT2D eigenvalue weighted by Crippen LogP contribution is -2.28. The van der Waals surface area contributed by atoms with Gasteiger partial charge < -0.3 is 19.7 Å². The van der Waals surface area contributed by atoms with E-state index in [0.717, 1.165) is 25.7 Å². The molecule has 2 fully saturated rings. The number of nitrogens with zero attached hydrogens (tertiary/aromatic N) is 2. The van der Waals surface area contributed by atoms with Crippen molar-refractivity contribution in [2.24, 2.45) is 0 Å². The predicted molar refractivity (Wildman–Crippen MR) is 67.4 cm³/mol. The van der Waals surface area contributed by atoms with Crippen molar-refractivity contribution in [2.75, 3.05) is 13.2 Å². The summed E-state index contributed by atoms with van der Waals surface area (Å²) in [6.45, 7) is 3.24. The van der Waals surface area contributed by atoms with Gasteiger partial charge >= 0.3 is 0 Å². The van der Waals surface area contributed by atoms with Gasteiger partial charge in [0, 0.05) is 13.2 Å². The molecule has 2 heterocycles. The monoisotopic (exact) mass is 267 g/mol. The Morgan fingerprint density at radius 2 is 2.26 bits per heavy atom. The van der Waals surface area contributed by atoms with Crippen LogP contribution in [-0.4, -0.2) is 34.5 Å². The summed E-state index contributed by atoms with van der Waals surface area (Å²) in [4.78, 5) is 4.52. The minimum atomic E-state index is -0.353. The average Bonchev–Trinajstić information content (AvgIpc) is 3.07. The number of aliphatic hydroxyl groups excluding tert-OH is 1. The molecule has 19 heavy (non-hydrogen) atoms. The summed E-state index contributed by atoms with van der Waals surface area (Å²) in [5, 5.41) is 16.8. The van der Waals surface area contributed by atoms with E-state index in [1.165, 1.54) is 0 Å². The van der Waals surface area contributed by atoms with Crippen molar-refractivity contribution in [2.45, 2.75) is 56.8 Å². The molecule has 1 aliphatic carbocycles. The van der Waals surface area contributed by atoms with E-state index in [0.29, 0.717) is 31.3 Å². The summed E-state index contributed by atoms with van der Waals surface area (Å²) in [5.41, 5.74) is -0.353. The Hall–Kier alpha value is -0.980. The molecule has 106 valence electrons. The van der Waals surface area contributed by atoms with Crippen molar-refractivity contribution in [1.82, 2.24) is 15.5 Å². The van der Waals surface area contributed by atoms with Gasteiger partial charge in [-0.3, -0.25) is 0 Å². The zero-order valence-electron chi connectivity index (χ0n) is 11.3. The van der Waals surface area contributed by atoms with Crippen LogP contribution in [0.4, 0.5) is 0 Å². The number of hydrogen-bond acceptors (Lipinski definition) is 6. The molecule has 2 unspecified atom stereocenters. The molecule has 2 atom stereocenters. The highest BCUT2D eigenvalue weighted by Crippen LogP contribution is 2.41. The minimum Gasteiger partial charge on any atom is -0.392 e. The molecule has 0 bridgehead atoms. The van der Waals surface area contributed by atoms with E-state index < -0.39 is 0 Å². The van der Waals surface area contributed by atoms with Gasteiger partial charge in [-0.25, -0.2) is 0 Å². The molecule has 0 aromatic carbocycles. The molecule has 1 saturated heterocycles. The number of β-amino-alcohol motifs (C(OH)–C–C–N with tert-alkyl or cyclic N) is 1. The molecule has 0 spiro atoms. The van der Waals surface area contributed by atoms with Gasteiger partial charge in [-0.15, -0.1) is 0 Å². The number of aromatic nitrogens is 2. The van der Waals surface area contributed by atoms with Crippen LogP contribution in [0.15, 0.2) is 4.52 Å². The maximum Gasteiger partial charge on any atom is 0.243 e. The highest BCUT2D eigenvalue weighted by molar-refractivity contribution is 5.07. The number of nitrogens with one attached hydrogen (secondary N) is 1. The molecule has 1 saturated carbocycles. The summed E-state index contributed by atoms with van der Waals surface area (Å²) in [6, 6.07) is -0.0312. The van der Waals surface area contributed by atoms with Crippen LogP contribution in [0.3, 0.4) is 0 Å². The first-order valence-corrected chi connectivity index (χ1v) is 7.13. The third-order valence-electron chi connectivity index (χ3n) is 4.09. The second kappa shape index (κ2) is 5.19. The summed E-state index contributed by atoms with van der Waals surface area (Å²) in [5.74, 6) is 1.24. The largest absolute Gasteiger partial charge is 0.392 e. The van der Waals surface area contributed by atoms with E-state index in [4.69, 9.17) is 9.26 Å². The van der Waals surface area contributed by atoms with Crippen molar-refractivity contribution in [3.05, 3.63) is 11.7 Å². The average molecular weight is 267 g/mol. The summed E-state index contributed by atoms with van der Waals surface area (Å²) < 4.78 is 11.3. The summed E-state index contributed by atoms with van der Waals surface area (Å²) >= 11 is 0. The SMILES string of the molecule is CCOC1(c2noc(C3CC(O)CN3)n2)CCCC1. The quantitative estimate of drug-likeness (QED) is 0.855.